The average Bonchev–Trinajstić information content (AvgIpc) is 2.80. The van der Waals surface area contributed by atoms with Crippen molar-refractivity contribution >= 4 is 0 Å². The van der Waals surface area contributed by atoms with Gasteiger partial charge in [0, 0.05) is 0 Å². The fraction of sp³-hybridized carbons (Fsp3) is 0.857. The molecule has 0 atom stereocenters. The highest BCUT2D eigenvalue weighted by molar-refractivity contribution is 4.86. The third kappa shape index (κ3) is 7.02. The molecule has 0 aliphatic carbocycles. The molecule has 0 bridgehead atoms. The quantitative estimate of drug-likeness (QED) is 0.436. The summed E-state index contributed by atoms with van der Waals surface area (Å²) in [5, 5.41) is 0. The molecule has 0 aromatic heterocycles. The Bertz CT molecular complexity index is 172. The van der Waals surface area contributed by atoms with Crippen molar-refractivity contribution in [3.05, 3.63) is 12.2 Å². The van der Waals surface area contributed by atoms with Gasteiger partial charge in [-0.2, -0.15) is 0 Å². The molecule has 0 saturated carbocycles. The molecule has 1 saturated heterocycles. The number of hydrogen-bond acceptors (Lipinski definition) is 2. The largest absolute Gasteiger partial charge is 0.347 e. The van der Waals surface area contributed by atoms with E-state index in [9.17, 15) is 0 Å². The van der Waals surface area contributed by atoms with Gasteiger partial charge < -0.3 is 9.47 Å². The van der Waals surface area contributed by atoms with Crippen LogP contribution < -0.4 is 0 Å². The number of rotatable bonds is 9. The Hall–Kier alpha value is -0.340. The molecular weight excluding hydrogens is 200 g/mol. The second kappa shape index (κ2) is 9.86. The minimum Gasteiger partial charge on any atom is -0.347 e. The lowest BCUT2D eigenvalue weighted by molar-refractivity contribution is -0.00173. The second-order valence-corrected chi connectivity index (χ2v) is 4.45. The Balaban J connectivity index is 1.80. The lowest BCUT2D eigenvalue weighted by Gasteiger charge is -2.01. The summed E-state index contributed by atoms with van der Waals surface area (Å²) < 4.78 is 10.6. The summed E-state index contributed by atoms with van der Waals surface area (Å²) in [5.74, 6) is 0. The van der Waals surface area contributed by atoms with E-state index in [0.29, 0.717) is 0 Å². The van der Waals surface area contributed by atoms with E-state index >= 15 is 0 Å². The first-order chi connectivity index (χ1) is 7.93. The highest BCUT2D eigenvalue weighted by Gasteiger charge is 2.10. The van der Waals surface area contributed by atoms with Crippen LogP contribution in [0.4, 0.5) is 0 Å². The van der Waals surface area contributed by atoms with Crippen molar-refractivity contribution in [2.75, 3.05) is 13.2 Å². The minimum atomic E-state index is -0.0652. The molecule has 1 aliphatic heterocycles. The third-order valence-electron chi connectivity index (χ3n) is 2.92. The zero-order valence-electron chi connectivity index (χ0n) is 10.6. The molecule has 1 aliphatic rings. The van der Waals surface area contributed by atoms with Gasteiger partial charge >= 0.3 is 0 Å². The summed E-state index contributed by atoms with van der Waals surface area (Å²) in [7, 11) is 0. The van der Waals surface area contributed by atoms with Gasteiger partial charge in [-0.1, -0.05) is 51.5 Å². The zero-order valence-corrected chi connectivity index (χ0v) is 10.6. The summed E-state index contributed by atoms with van der Waals surface area (Å²) in [6.07, 6.45) is 15.0. The summed E-state index contributed by atoms with van der Waals surface area (Å²) in [5.41, 5.74) is 0. The van der Waals surface area contributed by atoms with Crippen LogP contribution in [0.1, 0.15) is 58.3 Å². The number of unbranched alkanes of at least 4 members (excludes halogenated alkanes) is 7. The van der Waals surface area contributed by atoms with E-state index in [4.69, 9.17) is 9.47 Å². The summed E-state index contributed by atoms with van der Waals surface area (Å²) >= 11 is 0. The zero-order chi connectivity index (χ0) is 11.5. The van der Waals surface area contributed by atoms with Gasteiger partial charge in [-0.25, -0.2) is 0 Å². The predicted octanol–water partition coefficient (Wildman–Crippen LogP) is 4.06. The fourth-order valence-corrected chi connectivity index (χ4v) is 1.91. The highest BCUT2D eigenvalue weighted by atomic mass is 16.7. The SMILES string of the molecule is CCCCCCCCC/C=C/C1OCCO1. The summed E-state index contributed by atoms with van der Waals surface area (Å²) in [6, 6.07) is 0. The van der Waals surface area contributed by atoms with E-state index in [1.807, 2.05) is 6.08 Å². The van der Waals surface area contributed by atoms with Crippen LogP contribution in [-0.2, 0) is 9.47 Å². The van der Waals surface area contributed by atoms with Crippen LogP contribution >= 0.6 is 0 Å². The molecule has 0 unspecified atom stereocenters. The monoisotopic (exact) mass is 226 g/mol. The molecule has 2 nitrogen and oxygen atoms in total. The fourth-order valence-electron chi connectivity index (χ4n) is 1.91. The van der Waals surface area contributed by atoms with Crippen molar-refractivity contribution in [2.24, 2.45) is 0 Å². The van der Waals surface area contributed by atoms with E-state index in [2.05, 4.69) is 13.0 Å². The lowest BCUT2D eigenvalue weighted by atomic mass is 10.1. The van der Waals surface area contributed by atoms with E-state index in [0.717, 1.165) is 19.6 Å². The smallest absolute Gasteiger partial charge is 0.177 e. The Morgan fingerprint density at radius 3 is 2.25 bits per heavy atom. The van der Waals surface area contributed by atoms with Gasteiger partial charge in [0.25, 0.3) is 0 Å². The van der Waals surface area contributed by atoms with Gasteiger partial charge in [-0.3, -0.25) is 0 Å². The topological polar surface area (TPSA) is 18.5 Å². The number of hydrogen-bond donors (Lipinski definition) is 0. The lowest BCUT2D eigenvalue weighted by Crippen LogP contribution is -2.01. The van der Waals surface area contributed by atoms with Crippen LogP contribution in [0, 0.1) is 0 Å². The van der Waals surface area contributed by atoms with Crippen molar-refractivity contribution < 1.29 is 9.47 Å². The minimum absolute atomic E-state index is 0.0652. The van der Waals surface area contributed by atoms with Crippen molar-refractivity contribution in [2.45, 2.75) is 64.6 Å². The van der Waals surface area contributed by atoms with Gasteiger partial charge in [0.1, 0.15) is 0 Å². The third-order valence-corrected chi connectivity index (χ3v) is 2.92. The van der Waals surface area contributed by atoms with Gasteiger partial charge in [0.2, 0.25) is 0 Å². The van der Waals surface area contributed by atoms with E-state index in [1.165, 1.54) is 44.9 Å². The molecule has 2 heteroatoms. The molecular formula is C14H26O2. The normalized spacial score (nSPS) is 17.6. The highest BCUT2D eigenvalue weighted by Crippen LogP contribution is 2.10. The molecule has 0 aromatic carbocycles. The first-order valence-electron chi connectivity index (χ1n) is 6.83. The first kappa shape index (κ1) is 13.7. The van der Waals surface area contributed by atoms with Crippen molar-refractivity contribution in [1.29, 1.82) is 0 Å². The first-order valence-corrected chi connectivity index (χ1v) is 6.83. The summed E-state index contributed by atoms with van der Waals surface area (Å²) in [6.45, 7) is 3.75. The van der Waals surface area contributed by atoms with Crippen LogP contribution in [0.15, 0.2) is 12.2 Å². The standard InChI is InChI=1S/C14H26O2/c1-2-3-4-5-6-7-8-9-10-11-14-15-12-13-16-14/h10-11,14H,2-9,12-13H2,1H3/b11-10+. The predicted molar refractivity (Wildman–Crippen MR) is 67.4 cm³/mol. The number of ether oxygens (including phenoxy) is 2. The van der Waals surface area contributed by atoms with Gasteiger partial charge in [0.15, 0.2) is 6.29 Å². The molecule has 0 radical (unpaired) electrons. The van der Waals surface area contributed by atoms with Crippen LogP contribution in [-0.4, -0.2) is 19.5 Å². The second-order valence-electron chi connectivity index (χ2n) is 4.45. The van der Waals surface area contributed by atoms with Crippen molar-refractivity contribution in [3.8, 4) is 0 Å². The maximum absolute atomic E-state index is 5.32. The molecule has 94 valence electrons. The molecule has 0 spiro atoms. The molecule has 1 heterocycles. The van der Waals surface area contributed by atoms with E-state index in [-0.39, 0.29) is 6.29 Å². The van der Waals surface area contributed by atoms with Crippen LogP contribution in [0.3, 0.4) is 0 Å². The van der Waals surface area contributed by atoms with Crippen LogP contribution in [0.2, 0.25) is 0 Å². The number of allylic oxidation sites excluding steroid dienone is 1. The Labute approximate surface area is 100 Å². The van der Waals surface area contributed by atoms with Crippen molar-refractivity contribution in [1.82, 2.24) is 0 Å². The molecule has 0 N–H and O–H groups in total. The van der Waals surface area contributed by atoms with Crippen LogP contribution in [0.25, 0.3) is 0 Å². The summed E-state index contributed by atoms with van der Waals surface area (Å²) in [4.78, 5) is 0. The van der Waals surface area contributed by atoms with E-state index in [1.54, 1.807) is 0 Å². The average molecular weight is 226 g/mol. The van der Waals surface area contributed by atoms with E-state index < -0.39 is 0 Å². The van der Waals surface area contributed by atoms with Crippen LogP contribution in [0.5, 0.6) is 0 Å². The molecule has 1 rings (SSSR count). The maximum Gasteiger partial charge on any atom is 0.177 e. The van der Waals surface area contributed by atoms with Gasteiger partial charge in [-0.15, -0.1) is 0 Å². The van der Waals surface area contributed by atoms with Gasteiger partial charge in [-0.05, 0) is 18.9 Å². The molecule has 0 aromatic rings. The molecule has 0 amide bonds. The molecule has 1 fully saturated rings. The molecule has 16 heavy (non-hydrogen) atoms. The van der Waals surface area contributed by atoms with Gasteiger partial charge in [0.05, 0.1) is 13.2 Å². The Morgan fingerprint density at radius 1 is 0.938 bits per heavy atom. The van der Waals surface area contributed by atoms with Crippen molar-refractivity contribution in [3.63, 3.8) is 0 Å². The Kier molecular flexibility index (Phi) is 8.45. The Morgan fingerprint density at radius 2 is 1.56 bits per heavy atom. The maximum atomic E-state index is 5.32.